The lowest BCUT2D eigenvalue weighted by Crippen LogP contribution is -2.20. The van der Waals surface area contributed by atoms with Crippen molar-refractivity contribution in [3.05, 3.63) is 34.7 Å². The van der Waals surface area contributed by atoms with Crippen LogP contribution >= 0.6 is 36.2 Å². The van der Waals surface area contributed by atoms with Gasteiger partial charge in [0.25, 0.3) is 0 Å². The SMILES string of the molecule is CCOc1ccc(/C=C2/SC(=S)N(C)C2=S)cc1. The van der Waals surface area contributed by atoms with Gasteiger partial charge in [0.15, 0.2) is 0 Å². The Kier molecular flexibility index (Phi) is 4.37. The van der Waals surface area contributed by atoms with Gasteiger partial charge in [-0.3, -0.25) is 0 Å². The fourth-order valence-electron chi connectivity index (χ4n) is 1.52. The molecule has 18 heavy (non-hydrogen) atoms. The minimum atomic E-state index is 0.680. The third kappa shape index (κ3) is 2.91. The van der Waals surface area contributed by atoms with Crippen molar-refractivity contribution in [1.29, 1.82) is 0 Å². The second-order valence-corrected chi connectivity index (χ2v) is 5.81. The minimum Gasteiger partial charge on any atom is -0.494 e. The Hall–Kier alpha value is -0.910. The lowest BCUT2D eigenvalue weighted by Gasteiger charge is -2.07. The molecular formula is C13H13NOS3. The van der Waals surface area contributed by atoms with Crippen LogP contribution < -0.4 is 4.74 Å². The third-order valence-corrected chi connectivity index (χ3v) is 4.60. The second-order valence-electron chi connectivity index (χ2n) is 3.74. The molecule has 0 N–H and O–H groups in total. The van der Waals surface area contributed by atoms with Crippen molar-refractivity contribution < 1.29 is 4.74 Å². The topological polar surface area (TPSA) is 12.5 Å². The van der Waals surface area contributed by atoms with Crippen LogP contribution in [0.3, 0.4) is 0 Å². The maximum absolute atomic E-state index is 5.41. The zero-order valence-electron chi connectivity index (χ0n) is 10.2. The summed E-state index contributed by atoms with van der Waals surface area (Å²) in [5.74, 6) is 0.883. The molecule has 94 valence electrons. The van der Waals surface area contributed by atoms with Crippen molar-refractivity contribution in [2.75, 3.05) is 13.7 Å². The monoisotopic (exact) mass is 295 g/mol. The maximum atomic E-state index is 5.41. The van der Waals surface area contributed by atoms with Crippen molar-refractivity contribution in [2.24, 2.45) is 0 Å². The van der Waals surface area contributed by atoms with Crippen LogP contribution in [0.2, 0.25) is 0 Å². The van der Waals surface area contributed by atoms with Gasteiger partial charge in [0.05, 0.1) is 11.5 Å². The van der Waals surface area contributed by atoms with Gasteiger partial charge in [0, 0.05) is 7.05 Å². The molecule has 0 aromatic heterocycles. The van der Waals surface area contributed by atoms with E-state index < -0.39 is 0 Å². The molecule has 1 fully saturated rings. The van der Waals surface area contributed by atoms with E-state index in [1.165, 1.54) is 11.8 Å². The Bertz CT molecular complexity index is 507. The normalized spacial score (nSPS) is 17.7. The minimum absolute atomic E-state index is 0.680. The highest BCUT2D eigenvalue weighted by Crippen LogP contribution is 2.32. The second kappa shape index (κ2) is 5.82. The number of thioether (sulfide) groups is 1. The smallest absolute Gasteiger partial charge is 0.146 e. The summed E-state index contributed by atoms with van der Waals surface area (Å²) >= 11 is 12.1. The molecular weight excluding hydrogens is 282 g/mol. The van der Waals surface area contributed by atoms with Crippen molar-refractivity contribution in [3.63, 3.8) is 0 Å². The van der Waals surface area contributed by atoms with Crippen LogP contribution in [0.25, 0.3) is 6.08 Å². The Labute approximate surface area is 122 Å². The summed E-state index contributed by atoms with van der Waals surface area (Å²) in [7, 11) is 1.90. The van der Waals surface area contributed by atoms with Crippen molar-refractivity contribution in [1.82, 2.24) is 4.90 Å². The highest BCUT2D eigenvalue weighted by atomic mass is 32.2. The van der Waals surface area contributed by atoms with Gasteiger partial charge in [0.1, 0.15) is 15.1 Å². The lowest BCUT2D eigenvalue weighted by atomic mass is 10.2. The molecule has 1 aromatic rings. The van der Waals surface area contributed by atoms with Gasteiger partial charge >= 0.3 is 0 Å². The van der Waals surface area contributed by atoms with Gasteiger partial charge in [0.2, 0.25) is 0 Å². The number of rotatable bonds is 3. The van der Waals surface area contributed by atoms with Crippen LogP contribution in [0.15, 0.2) is 29.2 Å². The van der Waals surface area contributed by atoms with E-state index >= 15 is 0 Å². The van der Waals surface area contributed by atoms with Gasteiger partial charge in [-0.05, 0) is 30.7 Å². The number of likely N-dealkylation sites (N-methyl/N-ethyl adjacent to an activating group) is 1. The zero-order chi connectivity index (χ0) is 13.1. The van der Waals surface area contributed by atoms with E-state index in [0.29, 0.717) is 6.61 Å². The van der Waals surface area contributed by atoms with Crippen LogP contribution in [0, 0.1) is 0 Å². The first-order chi connectivity index (χ1) is 8.61. The highest BCUT2D eigenvalue weighted by molar-refractivity contribution is 8.27. The Morgan fingerprint density at radius 1 is 1.28 bits per heavy atom. The van der Waals surface area contributed by atoms with E-state index in [1.807, 2.05) is 43.1 Å². The molecule has 1 saturated heterocycles. The van der Waals surface area contributed by atoms with Crippen molar-refractivity contribution in [3.8, 4) is 5.75 Å². The van der Waals surface area contributed by atoms with Crippen LogP contribution in [0.4, 0.5) is 0 Å². The standard InChI is InChI=1S/C13H13NOS3/c1-3-15-10-6-4-9(5-7-10)8-11-12(16)14(2)13(17)18-11/h4-8H,3H2,1-2H3/b11-8+. The first-order valence-corrected chi connectivity index (χ1v) is 7.19. The molecule has 1 aliphatic rings. The summed E-state index contributed by atoms with van der Waals surface area (Å²) in [5, 5.41) is 0. The molecule has 0 radical (unpaired) electrons. The summed E-state index contributed by atoms with van der Waals surface area (Å²) in [6, 6.07) is 7.95. The first-order valence-electron chi connectivity index (χ1n) is 5.56. The lowest BCUT2D eigenvalue weighted by molar-refractivity contribution is 0.340. The van der Waals surface area contributed by atoms with Crippen LogP contribution in [-0.4, -0.2) is 27.9 Å². The quantitative estimate of drug-likeness (QED) is 0.620. The number of ether oxygens (including phenoxy) is 1. The van der Waals surface area contributed by atoms with Gasteiger partial charge in [-0.1, -0.05) is 48.3 Å². The number of hydrogen-bond donors (Lipinski definition) is 0. The predicted molar refractivity (Wildman–Crippen MR) is 86.1 cm³/mol. The Morgan fingerprint density at radius 2 is 1.94 bits per heavy atom. The average Bonchev–Trinajstić information content (AvgIpc) is 2.60. The third-order valence-electron chi connectivity index (χ3n) is 2.48. The van der Waals surface area contributed by atoms with E-state index in [2.05, 4.69) is 6.08 Å². The van der Waals surface area contributed by atoms with E-state index in [4.69, 9.17) is 29.2 Å². The summed E-state index contributed by atoms with van der Waals surface area (Å²) in [4.78, 5) is 3.68. The molecule has 2 rings (SSSR count). The molecule has 1 aromatic carbocycles. The molecule has 5 heteroatoms. The molecule has 1 heterocycles. The molecule has 0 bridgehead atoms. The van der Waals surface area contributed by atoms with Gasteiger partial charge < -0.3 is 9.64 Å². The number of thiocarbonyl (C=S) groups is 2. The van der Waals surface area contributed by atoms with Gasteiger partial charge in [-0.2, -0.15) is 0 Å². The molecule has 0 spiro atoms. The fourth-order valence-corrected chi connectivity index (χ4v) is 3.11. The molecule has 0 unspecified atom stereocenters. The number of hydrogen-bond acceptors (Lipinski definition) is 4. The Morgan fingerprint density at radius 3 is 2.44 bits per heavy atom. The first kappa shape index (κ1) is 13.5. The van der Waals surface area contributed by atoms with Crippen LogP contribution in [0.1, 0.15) is 12.5 Å². The molecule has 1 aliphatic heterocycles. The fraction of sp³-hybridized carbons (Fsp3) is 0.231. The van der Waals surface area contributed by atoms with E-state index in [1.54, 1.807) is 0 Å². The van der Waals surface area contributed by atoms with E-state index in [0.717, 1.165) is 25.5 Å². The number of benzene rings is 1. The van der Waals surface area contributed by atoms with Crippen molar-refractivity contribution in [2.45, 2.75) is 6.92 Å². The summed E-state index contributed by atoms with van der Waals surface area (Å²) < 4.78 is 6.21. The van der Waals surface area contributed by atoms with Crippen molar-refractivity contribution >= 4 is 51.6 Å². The van der Waals surface area contributed by atoms with E-state index in [-0.39, 0.29) is 0 Å². The Balaban J connectivity index is 2.18. The summed E-state index contributed by atoms with van der Waals surface area (Å²) in [6.45, 7) is 2.65. The zero-order valence-corrected chi connectivity index (χ0v) is 12.6. The molecule has 0 saturated carbocycles. The summed E-state index contributed by atoms with van der Waals surface area (Å²) in [6.07, 6.45) is 2.05. The molecule has 2 nitrogen and oxygen atoms in total. The number of nitrogens with zero attached hydrogens (tertiary/aromatic N) is 1. The van der Waals surface area contributed by atoms with Crippen LogP contribution in [0.5, 0.6) is 5.75 Å². The maximum Gasteiger partial charge on any atom is 0.146 e. The van der Waals surface area contributed by atoms with Crippen LogP contribution in [-0.2, 0) is 0 Å². The molecule has 0 atom stereocenters. The highest BCUT2D eigenvalue weighted by Gasteiger charge is 2.24. The average molecular weight is 295 g/mol. The molecule has 0 amide bonds. The largest absolute Gasteiger partial charge is 0.494 e. The molecule has 0 aliphatic carbocycles. The summed E-state index contributed by atoms with van der Waals surface area (Å²) in [5.41, 5.74) is 1.10. The van der Waals surface area contributed by atoms with Gasteiger partial charge in [-0.15, -0.1) is 0 Å². The van der Waals surface area contributed by atoms with E-state index in [9.17, 15) is 0 Å². The predicted octanol–water partition coefficient (Wildman–Crippen LogP) is 3.72. The van der Waals surface area contributed by atoms with Gasteiger partial charge in [-0.25, -0.2) is 0 Å².